The van der Waals surface area contributed by atoms with E-state index in [1.807, 2.05) is 17.7 Å². The highest BCUT2D eigenvalue weighted by molar-refractivity contribution is 5.69. The van der Waals surface area contributed by atoms with E-state index < -0.39 is 0 Å². The SMILES string of the molecule is CCCCCOCC(Cn1ccnc1)OCCCCCC(=O)OCC. The summed E-state index contributed by atoms with van der Waals surface area (Å²) in [6, 6.07) is 0. The first kappa shape index (κ1) is 21.6. The van der Waals surface area contributed by atoms with Crippen LogP contribution >= 0.6 is 0 Å². The lowest BCUT2D eigenvalue weighted by atomic mass is 10.2. The molecule has 1 aromatic heterocycles. The van der Waals surface area contributed by atoms with E-state index >= 15 is 0 Å². The van der Waals surface area contributed by atoms with Crippen LogP contribution in [-0.2, 0) is 25.5 Å². The van der Waals surface area contributed by atoms with E-state index in [0.717, 1.165) is 38.8 Å². The molecule has 144 valence electrons. The van der Waals surface area contributed by atoms with Gasteiger partial charge in [-0.2, -0.15) is 0 Å². The number of rotatable bonds is 16. The Hall–Kier alpha value is -1.40. The zero-order chi connectivity index (χ0) is 18.2. The van der Waals surface area contributed by atoms with Crippen molar-refractivity contribution in [2.24, 2.45) is 0 Å². The van der Waals surface area contributed by atoms with Gasteiger partial charge in [-0.05, 0) is 26.2 Å². The van der Waals surface area contributed by atoms with Crippen molar-refractivity contribution in [3.8, 4) is 0 Å². The minimum absolute atomic E-state index is 0.0286. The summed E-state index contributed by atoms with van der Waals surface area (Å²) in [5, 5.41) is 0. The van der Waals surface area contributed by atoms with Gasteiger partial charge in [-0.1, -0.05) is 26.2 Å². The molecule has 6 heteroatoms. The van der Waals surface area contributed by atoms with E-state index in [1.54, 1.807) is 12.5 Å². The predicted molar refractivity (Wildman–Crippen MR) is 97.4 cm³/mol. The second kappa shape index (κ2) is 14.9. The Morgan fingerprint density at radius 2 is 1.96 bits per heavy atom. The van der Waals surface area contributed by atoms with Crippen LogP contribution in [0.25, 0.3) is 0 Å². The number of imidazole rings is 1. The highest BCUT2D eigenvalue weighted by Gasteiger charge is 2.10. The van der Waals surface area contributed by atoms with Crippen molar-refractivity contribution in [1.82, 2.24) is 9.55 Å². The number of ether oxygens (including phenoxy) is 3. The number of hydrogen-bond donors (Lipinski definition) is 0. The molecule has 0 radical (unpaired) electrons. The fraction of sp³-hybridized carbons (Fsp3) is 0.789. The fourth-order valence-electron chi connectivity index (χ4n) is 2.48. The number of nitrogens with zero attached hydrogens (tertiary/aromatic N) is 2. The van der Waals surface area contributed by atoms with Gasteiger partial charge in [-0.3, -0.25) is 4.79 Å². The van der Waals surface area contributed by atoms with Gasteiger partial charge in [0.2, 0.25) is 0 Å². The van der Waals surface area contributed by atoms with Crippen LogP contribution in [0.3, 0.4) is 0 Å². The molecular weight excluding hydrogens is 320 g/mol. The molecule has 0 saturated heterocycles. The summed E-state index contributed by atoms with van der Waals surface area (Å²) >= 11 is 0. The van der Waals surface area contributed by atoms with Crippen LogP contribution in [0.5, 0.6) is 0 Å². The highest BCUT2D eigenvalue weighted by Crippen LogP contribution is 2.06. The third kappa shape index (κ3) is 11.7. The van der Waals surface area contributed by atoms with Gasteiger partial charge in [0, 0.05) is 32.0 Å². The zero-order valence-electron chi connectivity index (χ0n) is 15.8. The van der Waals surface area contributed by atoms with Crippen molar-refractivity contribution in [1.29, 1.82) is 0 Å². The first-order chi connectivity index (χ1) is 12.3. The van der Waals surface area contributed by atoms with Crippen molar-refractivity contribution >= 4 is 5.97 Å². The van der Waals surface area contributed by atoms with Gasteiger partial charge < -0.3 is 18.8 Å². The summed E-state index contributed by atoms with van der Waals surface area (Å²) in [5.74, 6) is -0.109. The van der Waals surface area contributed by atoms with E-state index in [-0.39, 0.29) is 12.1 Å². The van der Waals surface area contributed by atoms with Crippen LogP contribution in [0.4, 0.5) is 0 Å². The Balaban J connectivity index is 2.17. The molecule has 0 N–H and O–H groups in total. The Bertz CT molecular complexity index is 423. The molecule has 0 fully saturated rings. The minimum atomic E-state index is -0.109. The van der Waals surface area contributed by atoms with Crippen molar-refractivity contribution in [3.63, 3.8) is 0 Å². The van der Waals surface area contributed by atoms with Crippen LogP contribution < -0.4 is 0 Å². The lowest BCUT2D eigenvalue weighted by molar-refractivity contribution is -0.143. The van der Waals surface area contributed by atoms with Crippen molar-refractivity contribution < 1.29 is 19.0 Å². The molecule has 1 heterocycles. The molecule has 25 heavy (non-hydrogen) atoms. The quantitative estimate of drug-likeness (QED) is 0.335. The molecule has 0 aliphatic rings. The van der Waals surface area contributed by atoms with Gasteiger partial charge in [0.1, 0.15) is 0 Å². The lowest BCUT2D eigenvalue weighted by Crippen LogP contribution is -2.26. The van der Waals surface area contributed by atoms with Gasteiger partial charge in [0.25, 0.3) is 0 Å². The number of aromatic nitrogens is 2. The molecule has 1 aromatic rings. The number of esters is 1. The number of unbranched alkanes of at least 4 members (excludes halogenated alkanes) is 4. The van der Waals surface area contributed by atoms with Crippen LogP contribution in [0.2, 0.25) is 0 Å². The van der Waals surface area contributed by atoms with Gasteiger partial charge in [-0.25, -0.2) is 4.98 Å². The molecule has 0 bridgehead atoms. The second-order valence-electron chi connectivity index (χ2n) is 6.15. The molecule has 6 nitrogen and oxygen atoms in total. The molecule has 0 aliphatic carbocycles. The van der Waals surface area contributed by atoms with E-state index in [9.17, 15) is 4.79 Å². The third-order valence-corrected chi connectivity index (χ3v) is 3.85. The van der Waals surface area contributed by atoms with E-state index in [1.165, 1.54) is 12.8 Å². The second-order valence-corrected chi connectivity index (χ2v) is 6.15. The van der Waals surface area contributed by atoms with Crippen LogP contribution in [0, 0.1) is 0 Å². The molecule has 0 saturated carbocycles. The van der Waals surface area contributed by atoms with E-state index in [2.05, 4.69) is 11.9 Å². The van der Waals surface area contributed by atoms with Crippen molar-refractivity contribution in [3.05, 3.63) is 18.7 Å². The summed E-state index contributed by atoms with van der Waals surface area (Å²) in [7, 11) is 0. The smallest absolute Gasteiger partial charge is 0.305 e. The monoisotopic (exact) mass is 354 g/mol. The molecule has 1 atom stereocenters. The van der Waals surface area contributed by atoms with Crippen LogP contribution in [-0.4, -0.2) is 48.1 Å². The molecule has 0 aromatic carbocycles. The Morgan fingerprint density at radius 1 is 1.12 bits per heavy atom. The Morgan fingerprint density at radius 3 is 2.68 bits per heavy atom. The maximum atomic E-state index is 11.3. The summed E-state index contributed by atoms with van der Waals surface area (Å²) in [4.78, 5) is 15.3. The van der Waals surface area contributed by atoms with Gasteiger partial charge in [0.05, 0.1) is 32.2 Å². The van der Waals surface area contributed by atoms with Crippen molar-refractivity contribution in [2.75, 3.05) is 26.4 Å². The molecule has 0 spiro atoms. The Labute approximate surface area is 151 Å². The Kier molecular flexibility index (Phi) is 12.9. The van der Waals surface area contributed by atoms with Gasteiger partial charge >= 0.3 is 5.97 Å². The predicted octanol–water partition coefficient (Wildman–Crippen LogP) is 3.60. The first-order valence-corrected chi connectivity index (χ1v) is 9.57. The number of carbonyl (C=O) groups excluding carboxylic acids is 1. The fourth-order valence-corrected chi connectivity index (χ4v) is 2.48. The largest absolute Gasteiger partial charge is 0.466 e. The average Bonchev–Trinajstić information content (AvgIpc) is 3.10. The number of carbonyl (C=O) groups is 1. The maximum absolute atomic E-state index is 11.3. The minimum Gasteiger partial charge on any atom is -0.466 e. The summed E-state index contributed by atoms with van der Waals surface area (Å²) in [6.07, 6.45) is 12.3. The standard InChI is InChI=1S/C19H34N2O4/c1-3-5-8-13-23-16-18(15-21-12-11-20-17-21)25-14-9-6-7-10-19(22)24-4-2/h11-12,17-18H,3-10,13-16H2,1-2H3. The van der Waals surface area contributed by atoms with E-state index in [4.69, 9.17) is 14.2 Å². The molecule has 0 aliphatic heterocycles. The summed E-state index contributed by atoms with van der Waals surface area (Å²) in [5.41, 5.74) is 0. The zero-order valence-corrected chi connectivity index (χ0v) is 15.8. The molecule has 1 unspecified atom stereocenters. The highest BCUT2D eigenvalue weighted by atomic mass is 16.5. The summed E-state index contributed by atoms with van der Waals surface area (Å²) < 4.78 is 18.7. The number of hydrogen-bond acceptors (Lipinski definition) is 5. The van der Waals surface area contributed by atoms with Crippen LogP contribution in [0.15, 0.2) is 18.7 Å². The lowest BCUT2D eigenvalue weighted by Gasteiger charge is -2.18. The van der Waals surface area contributed by atoms with E-state index in [0.29, 0.717) is 26.2 Å². The van der Waals surface area contributed by atoms with Gasteiger partial charge in [0.15, 0.2) is 0 Å². The average molecular weight is 354 g/mol. The molecular formula is C19H34N2O4. The topological polar surface area (TPSA) is 62.6 Å². The third-order valence-electron chi connectivity index (χ3n) is 3.85. The first-order valence-electron chi connectivity index (χ1n) is 9.57. The normalized spacial score (nSPS) is 12.2. The van der Waals surface area contributed by atoms with Gasteiger partial charge in [-0.15, -0.1) is 0 Å². The molecule has 0 amide bonds. The molecule has 1 rings (SSSR count). The maximum Gasteiger partial charge on any atom is 0.305 e. The van der Waals surface area contributed by atoms with Crippen molar-refractivity contribution in [2.45, 2.75) is 71.4 Å². The summed E-state index contributed by atoms with van der Waals surface area (Å²) in [6.45, 7) is 7.29. The van der Waals surface area contributed by atoms with Crippen LogP contribution in [0.1, 0.15) is 58.8 Å².